The number of amides is 3. The van der Waals surface area contributed by atoms with Crippen LogP contribution in [0.25, 0.3) is 0 Å². The molecule has 6 heteroatoms. The molecule has 1 fully saturated rings. The molecule has 150 valence electrons. The van der Waals surface area contributed by atoms with E-state index >= 15 is 0 Å². The fraction of sp³-hybridized carbons (Fsp3) is 0.348. The summed E-state index contributed by atoms with van der Waals surface area (Å²) in [6, 6.07) is 15.6. The highest BCUT2D eigenvalue weighted by Crippen LogP contribution is 2.34. The molecule has 0 spiro atoms. The molecule has 2 aliphatic heterocycles. The molecule has 0 aromatic heterocycles. The second-order valence-corrected chi connectivity index (χ2v) is 7.82. The van der Waals surface area contributed by atoms with Crippen molar-refractivity contribution in [2.75, 3.05) is 29.9 Å². The van der Waals surface area contributed by atoms with Crippen LogP contribution < -0.4 is 9.80 Å². The van der Waals surface area contributed by atoms with Crippen LogP contribution in [0.15, 0.2) is 48.5 Å². The van der Waals surface area contributed by atoms with E-state index in [9.17, 15) is 14.4 Å². The van der Waals surface area contributed by atoms with Gasteiger partial charge in [0.25, 0.3) is 0 Å². The molecule has 0 radical (unpaired) electrons. The van der Waals surface area contributed by atoms with Gasteiger partial charge in [0.2, 0.25) is 17.7 Å². The molecule has 1 saturated heterocycles. The first-order chi connectivity index (χ1) is 13.9. The van der Waals surface area contributed by atoms with Crippen molar-refractivity contribution in [3.05, 3.63) is 59.7 Å². The molecular formula is C23H25N3O3. The number of carbonyl (C=O) groups excluding carboxylic acids is 3. The lowest BCUT2D eigenvalue weighted by Crippen LogP contribution is -2.34. The number of benzene rings is 2. The Kier molecular flexibility index (Phi) is 5.09. The Morgan fingerprint density at radius 3 is 2.62 bits per heavy atom. The molecule has 2 heterocycles. The summed E-state index contributed by atoms with van der Waals surface area (Å²) in [5.74, 6) is -0.342. The van der Waals surface area contributed by atoms with Gasteiger partial charge in [0, 0.05) is 51.4 Å². The Hall–Kier alpha value is -3.15. The normalized spacial score (nSPS) is 18.1. The van der Waals surface area contributed by atoms with Crippen LogP contribution in [0.3, 0.4) is 0 Å². The van der Waals surface area contributed by atoms with Gasteiger partial charge in [-0.3, -0.25) is 14.4 Å². The molecule has 2 aliphatic rings. The molecule has 1 atom stereocenters. The minimum Gasteiger partial charge on any atom is -0.341 e. The van der Waals surface area contributed by atoms with E-state index in [-0.39, 0.29) is 30.1 Å². The lowest BCUT2D eigenvalue weighted by atomic mass is 10.1. The van der Waals surface area contributed by atoms with Gasteiger partial charge in [-0.15, -0.1) is 0 Å². The number of fused-ring (bicyclic) bond motifs is 1. The van der Waals surface area contributed by atoms with Gasteiger partial charge >= 0.3 is 0 Å². The average molecular weight is 391 g/mol. The monoisotopic (exact) mass is 391 g/mol. The van der Waals surface area contributed by atoms with E-state index in [0.717, 1.165) is 28.9 Å². The molecule has 3 amide bonds. The Labute approximate surface area is 170 Å². The lowest BCUT2D eigenvalue weighted by Gasteiger charge is -2.22. The third-order valence-electron chi connectivity index (χ3n) is 5.76. The molecule has 0 bridgehead atoms. The Bertz CT molecular complexity index is 957. The van der Waals surface area contributed by atoms with Gasteiger partial charge < -0.3 is 14.7 Å². The molecule has 0 N–H and O–H groups in total. The molecule has 6 nitrogen and oxygen atoms in total. The highest BCUT2D eigenvalue weighted by molar-refractivity contribution is 6.01. The highest BCUT2D eigenvalue weighted by atomic mass is 16.2. The van der Waals surface area contributed by atoms with Crippen LogP contribution in [-0.4, -0.2) is 42.8 Å². The lowest BCUT2D eigenvalue weighted by molar-refractivity contribution is -0.135. The van der Waals surface area contributed by atoms with Gasteiger partial charge in [-0.05, 0) is 35.7 Å². The van der Waals surface area contributed by atoms with Crippen molar-refractivity contribution in [3.8, 4) is 0 Å². The zero-order valence-corrected chi connectivity index (χ0v) is 16.8. The van der Waals surface area contributed by atoms with Crippen molar-refractivity contribution in [2.45, 2.75) is 26.3 Å². The van der Waals surface area contributed by atoms with E-state index in [1.165, 1.54) is 0 Å². The number of hydrogen-bond acceptors (Lipinski definition) is 3. The quantitative estimate of drug-likeness (QED) is 0.805. The van der Waals surface area contributed by atoms with Gasteiger partial charge in [0.1, 0.15) is 0 Å². The summed E-state index contributed by atoms with van der Waals surface area (Å²) in [4.78, 5) is 42.4. The van der Waals surface area contributed by atoms with Gasteiger partial charge in [-0.1, -0.05) is 30.3 Å². The van der Waals surface area contributed by atoms with Crippen molar-refractivity contribution in [3.63, 3.8) is 0 Å². The summed E-state index contributed by atoms with van der Waals surface area (Å²) in [5, 5.41) is 0. The zero-order valence-electron chi connectivity index (χ0n) is 16.8. The predicted octanol–water partition coefficient (Wildman–Crippen LogP) is 2.61. The summed E-state index contributed by atoms with van der Waals surface area (Å²) in [5.41, 5.74) is 3.86. The summed E-state index contributed by atoms with van der Waals surface area (Å²) >= 11 is 0. The minimum absolute atomic E-state index is 0.00591. The number of hydrogen-bond donors (Lipinski definition) is 0. The summed E-state index contributed by atoms with van der Waals surface area (Å²) in [6.07, 6.45) is 1.02. The van der Waals surface area contributed by atoms with Crippen molar-refractivity contribution >= 4 is 29.1 Å². The summed E-state index contributed by atoms with van der Waals surface area (Å²) in [7, 11) is 1.79. The van der Waals surface area contributed by atoms with E-state index < -0.39 is 0 Å². The molecule has 0 saturated carbocycles. The molecule has 1 unspecified atom stereocenters. The molecule has 4 rings (SSSR count). The second kappa shape index (κ2) is 7.70. The minimum atomic E-state index is -0.335. The molecular weight excluding hydrogens is 366 g/mol. The van der Waals surface area contributed by atoms with Crippen LogP contribution in [0, 0.1) is 5.92 Å². The van der Waals surface area contributed by atoms with Crippen molar-refractivity contribution in [1.82, 2.24) is 4.90 Å². The zero-order chi connectivity index (χ0) is 20.5. The topological polar surface area (TPSA) is 60.9 Å². The van der Waals surface area contributed by atoms with Crippen LogP contribution >= 0.6 is 0 Å². The van der Waals surface area contributed by atoms with Crippen LogP contribution in [0.2, 0.25) is 0 Å². The standard InChI is InChI=1S/C23H25N3O3/c1-16(27)25-11-10-18-12-20(8-9-21(18)25)26-15-19(13-22(26)28)23(29)24(2)14-17-6-4-3-5-7-17/h3-9,12,19H,10-11,13-15H2,1-2H3. The Morgan fingerprint density at radius 2 is 1.90 bits per heavy atom. The largest absolute Gasteiger partial charge is 0.341 e. The second-order valence-electron chi connectivity index (χ2n) is 7.82. The van der Waals surface area contributed by atoms with Crippen molar-refractivity contribution < 1.29 is 14.4 Å². The SMILES string of the molecule is CC(=O)N1CCc2cc(N3CC(C(=O)N(C)Cc4ccccc4)CC3=O)ccc21. The van der Waals surface area contributed by atoms with Crippen LogP contribution in [0.4, 0.5) is 11.4 Å². The first-order valence-corrected chi connectivity index (χ1v) is 9.94. The number of anilines is 2. The average Bonchev–Trinajstić information content (AvgIpc) is 3.31. The number of carbonyl (C=O) groups is 3. The number of rotatable bonds is 4. The van der Waals surface area contributed by atoms with Gasteiger partial charge in [0.15, 0.2) is 0 Å². The maximum atomic E-state index is 12.9. The predicted molar refractivity (Wildman–Crippen MR) is 112 cm³/mol. The van der Waals surface area contributed by atoms with Crippen LogP contribution in [0.5, 0.6) is 0 Å². The summed E-state index contributed by atoms with van der Waals surface area (Å²) < 4.78 is 0. The van der Waals surface area contributed by atoms with Crippen LogP contribution in [0.1, 0.15) is 24.5 Å². The van der Waals surface area contributed by atoms with Gasteiger partial charge in [-0.2, -0.15) is 0 Å². The third-order valence-corrected chi connectivity index (χ3v) is 5.76. The van der Waals surface area contributed by atoms with E-state index in [2.05, 4.69) is 0 Å². The molecule has 0 aliphatic carbocycles. The maximum absolute atomic E-state index is 12.9. The highest BCUT2D eigenvalue weighted by Gasteiger charge is 2.37. The van der Waals surface area contributed by atoms with E-state index in [4.69, 9.17) is 0 Å². The van der Waals surface area contributed by atoms with E-state index in [1.54, 1.807) is 28.7 Å². The smallest absolute Gasteiger partial charge is 0.228 e. The van der Waals surface area contributed by atoms with Gasteiger partial charge in [-0.25, -0.2) is 0 Å². The fourth-order valence-corrected chi connectivity index (χ4v) is 4.25. The first-order valence-electron chi connectivity index (χ1n) is 9.94. The van der Waals surface area contributed by atoms with E-state index in [1.807, 2.05) is 48.5 Å². The Morgan fingerprint density at radius 1 is 1.14 bits per heavy atom. The van der Waals surface area contributed by atoms with Crippen LogP contribution in [-0.2, 0) is 27.3 Å². The number of nitrogens with zero attached hydrogens (tertiary/aromatic N) is 3. The first kappa shape index (κ1) is 19.2. The summed E-state index contributed by atoms with van der Waals surface area (Å²) in [6.45, 7) is 3.17. The van der Waals surface area contributed by atoms with Gasteiger partial charge in [0.05, 0.1) is 5.92 Å². The van der Waals surface area contributed by atoms with Crippen molar-refractivity contribution in [1.29, 1.82) is 0 Å². The molecule has 2 aromatic rings. The third kappa shape index (κ3) is 3.75. The molecule has 2 aromatic carbocycles. The maximum Gasteiger partial charge on any atom is 0.228 e. The van der Waals surface area contributed by atoms with Crippen molar-refractivity contribution in [2.24, 2.45) is 5.92 Å². The fourth-order valence-electron chi connectivity index (χ4n) is 4.25. The molecule has 29 heavy (non-hydrogen) atoms. The van der Waals surface area contributed by atoms with E-state index in [0.29, 0.717) is 19.6 Å². The Balaban J connectivity index is 1.46.